The summed E-state index contributed by atoms with van der Waals surface area (Å²) in [6, 6.07) is 10.8. The lowest BCUT2D eigenvalue weighted by molar-refractivity contribution is -0.118. The number of pyridine rings is 1. The summed E-state index contributed by atoms with van der Waals surface area (Å²) in [6.45, 7) is 2.83. The van der Waals surface area contributed by atoms with Crippen LogP contribution in [0, 0.1) is 12.7 Å². The van der Waals surface area contributed by atoms with Gasteiger partial charge in [-0.3, -0.25) is 14.7 Å². The molecule has 1 N–H and O–H groups in total. The minimum Gasteiger partial charge on any atom is -0.325 e. The zero-order chi connectivity index (χ0) is 16.9. The smallest absolute Gasteiger partial charge is 0.238 e. The Labute approximate surface area is 141 Å². The van der Waals surface area contributed by atoms with E-state index in [9.17, 15) is 9.18 Å². The summed E-state index contributed by atoms with van der Waals surface area (Å²) < 4.78 is 13.6. The first-order valence-corrected chi connectivity index (χ1v) is 8.35. The summed E-state index contributed by atoms with van der Waals surface area (Å²) in [5.74, 6) is -0.427. The first kappa shape index (κ1) is 16.6. The number of benzene rings is 1. The Hall–Kier alpha value is -2.27. The van der Waals surface area contributed by atoms with Gasteiger partial charge in [-0.15, -0.1) is 0 Å². The highest BCUT2D eigenvalue weighted by atomic mass is 19.1. The quantitative estimate of drug-likeness (QED) is 0.931. The number of carbonyl (C=O) groups is 1. The molecule has 0 spiro atoms. The molecule has 1 aliphatic heterocycles. The van der Waals surface area contributed by atoms with Crippen LogP contribution in [0.1, 0.15) is 36.6 Å². The van der Waals surface area contributed by atoms with Crippen LogP contribution in [0.15, 0.2) is 42.6 Å². The second-order valence-electron chi connectivity index (χ2n) is 6.20. The van der Waals surface area contributed by atoms with Crippen molar-refractivity contribution in [3.05, 3.63) is 59.7 Å². The molecule has 4 nitrogen and oxygen atoms in total. The average Bonchev–Trinajstić information content (AvgIpc) is 2.60. The molecule has 1 aromatic heterocycles. The third kappa shape index (κ3) is 3.79. The third-order valence-corrected chi connectivity index (χ3v) is 4.53. The number of anilines is 1. The molecule has 1 saturated heterocycles. The lowest BCUT2D eigenvalue weighted by atomic mass is 9.99. The summed E-state index contributed by atoms with van der Waals surface area (Å²) in [5, 5.41) is 2.83. The van der Waals surface area contributed by atoms with Gasteiger partial charge in [0.1, 0.15) is 5.82 Å². The van der Waals surface area contributed by atoms with Gasteiger partial charge in [-0.05, 0) is 50.6 Å². The van der Waals surface area contributed by atoms with Gasteiger partial charge in [0.2, 0.25) is 5.91 Å². The number of aromatic nitrogens is 1. The number of hydrogen-bond acceptors (Lipinski definition) is 3. The minimum atomic E-state index is -0.308. The van der Waals surface area contributed by atoms with Gasteiger partial charge < -0.3 is 5.32 Å². The Balaban J connectivity index is 1.69. The van der Waals surface area contributed by atoms with E-state index in [4.69, 9.17) is 0 Å². The molecule has 1 aromatic carbocycles. The SMILES string of the molecule is Cc1c(F)cccc1NC(=O)CN1CCCCC1c1ccccn1. The Bertz CT molecular complexity index is 705. The van der Waals surface area contributed by atoms with Gasteiger partial charge in [0.05, 0.1) is 18.3 Å². The van der Waals surface area contributed by atoms with Crippen molar-refractivity contribution in [1.82, 2.24) is 9.88 Å². The van der Waals surface area contributed by atoms with E-state index in [1.54, 1.807) is 25.3 Å². The van der Waals surface area contributed by atoms with E-state index in [2.05, 4.69) is 15.2 Å². The minimum absolute atomic E-state index is 0.119. The van der Waals surface area contributed by atoms with Crippen molar-refractivity contribution in [3.8, 4) is 0 Å². The third-order valence-electron chi connectivity index (χ3n) is 4.53. The zero-order valence-electron chi connectivity index (χ0n) is 13.8. The summed E-state index contributed by atoms with van der Waals surface area (Å²) >= 11 is 0. The molecule has 2 heterocycles. The molecule has 24 heavy (non-hydrogen) atoms. The number of amides is 1. The molecule has 1 atom stereocenters. The number of halogens is 1. The van der Waals surface area contributed by atoms with Crippen LogP contribution >= 0.6 is 0 Å². The lowest BCUT2D eigenvalue weighted by Crippen LogP contribution is -2.39. The molecule has 1 amide bonds. The predicted octanol–water partition coefficient (Wildman–Crippen LogP) is 3.69. The van der Waals surface area contributed by atoms with Crippen LogP contribution in [0.3, 0.4) is 0 Å². The average molecular weight is 327 g/mol. The van der Waals surface area contributed by atoms with Crippen molar-refractivity contribution >= 4 is 11.6 Å². The number of carbonyl (C=O) groups excluding carboxylic acids is 1. The molecule has 5 heteroatoms. The lowest BCUT2D eigenvalue weighted by Gasteiger charge is -2.34. The van der Waals surface area contributed by atoms with Crippen molar-refractivity contribution in [2.75, 3.05) is 18.4 Å². The molecule has 1 aliphatic rings. The largest absolute Gasteiger partial charge is 0.325 e. The first-order valence-electron chi connectivity index (χ1n) is 8.35. The Morgan fingerprint density at radius 3 is 2.96 bits per heavy atom. The van der Waals surface area contributed by atoms with Gasteiger partial charge in [-0.1, -0.05) is 18.6 Å². The number of rotatable bonds is 4. The second kappa shape index (κ2) is 7.53. The van der Waals surface area contributed by atoms with Crippen LogP contribution in [0.4, 0.5) is 10.1 Å². The summed E-state index contributed by atoms with van der Waals surface area (Å²) in [5.41, 5.74) is 2.00. The molecule has 2 aromatic rings. The standard InChI is InChI=1S/C19H22FN3O/c1-14-15(20)7-6-9-16(14)22-19(24)13-23-12-5-3-10-18(23)17-8-2-4-11-21-17/h2,4,6-9,11,18H,3,5,10,12-13H2,1H3,(H,22,24). The van der Waals surface area contributed by atoms with Gasteiger partial charge in [0, 0.05) is 17.4 Å². The van der Waals surface area contributed by atoms with E-state index < -0.39 is 0 Å². The van der Waals surface area contributed by atoms with Crippen LogP contribution < -0.4 is 5.32 Å². The molecule has 0 saturated carbocycles. The highest BCUT2D eigenvalue weighted by molar-refractivity contribution is 5.93. The van der Waals surface area contributed by atoms with Crippen molar-refractivity contribution in [1.29, 1.82) is 0 Å². The fourth-order valence-corrected chi connectivity index (χ4v) is 3.21. The van der Waals surface area contributed by atoms with Crippen LogP contribution in [-0.2, 0) is 4.79 Å². The maximum Gasteiger partial charge on any atom is 0.238 e. The van der Waals surface area contributed by atoms with E-state index in [1.165, 1.54) is 6.07 Å². The van der Waals surface area contributed by atoms with E-state index >= 15 is 0 Å². The van der Waals surface area contributed by atoms with E-state index in [-0.39, 0.29) is 24.3 Å². The van der Waals surface area contributed by atoms with Gasteiger partial charge in [0.25, 0.3) is 0 Å². The number of nitrogens with one attached hydrogen (secondary N) is 1. The van der Waals surface area contributed by atoms with Crippen molar-refractivity contribution in [2.24, 2.45) is 0 Å². The van der Waals surface area contributed by atoms with Crippen LogP contribution in [0.5, 0.6) is 0 Å². The number of nitrogens with zero attached hydrogens (tertiary/aromatic N) is 2. The molecule has 0 aliphatic carbocycles. The fraction of sp³-hybridized carbons (Fsp3) is 0.368. The first-order chi connectivity index (χ1) is 11.6. The number of hydrogen-bond donors (Lipinski definition) is 1. The molecule has 1 fully saturated rings. The van der Waals surface area contributed by atoms with Crippen LogP contribution in [-0.4, -0.2) is 28.9 Å². The van der Waals surface area contributed by atoms with Crippen molar-refractivity contribution in [2.45, 2.75) is 32.2 Å². The molecular weight excluding hydrogens is 305 g/mol. The Morgan fingerprint density at radius 1 is 1.29 bits per heavy atom. The van der Waals surface area contributed by atoms with Crippen LogP contribution in [0.2, 0.25) is 0 Å². The summed E-state index contributed by atoms with van der Waals surface area (Å²) in [7, 11) is 0. The van der Waals surface area contributed by atoms with Gasteiger partial charge in [-0.2, -0.15) is 0 Å². The van der Waals surface area contributed by atoms with Crippen molar-refractivity contribution in [3.63, 3.8) is 0 Å². The highest BCUT2D eigenvalue weighted by Gasteiger charge is 2.26. The molecular formula is C19H22FN3O. The summed E-state index contributed by atoms with van der Waals surface area (Å²) in [6.07, 6.45) is 5.01. The van der Waals surface area contributed by atoms with Gasteiger partial charge in [-0.25, -0.2) is 4.39 Å². The fourth-order valence-electron chi connectivity index (χ4n) is 3.21. The van der Waals surface area contributed by atoms with Crippen LogP contribution in [0.25, 0.3) is 0 Å². The molecule has 1 unspecified atom stereocenters. The molecule has 0 radical (unpaired) electrons. The highest BCUT2D eigenvalue weighted by Crippen LogP contribution is 2.29. The van der Waals surface area contributed by atoms with Crippen molar-refractivity contribution < 1.29 is 9.18 Å². The second-order valence-corrected chi connectivity index (χ2v) is 6.20. The Morgan fingerprint density at radius 2 is 2.17 bits per heavy atom. The topological polar surface area (TPSA) is 45.2 Å². The molecule has 0 bridgehead atoms. The van der Waals surface area contributed by atoms with E-state index in [0.29, 0.717) is 11.3 Å². The Kier molecular flexibility index (Phi) is 5.20. The molecule has 126 valence electrons. The monoisotopic (exact) mass is 327 g/mol. The number of piperidine rings is 1. The van der Waals surface area contributed by atoms with Gasteiger partial charge in [0.15, 0.2) is 0 Å². The maximum absolute atomic E-state index is 13.6. The van der Waals surface area contributed by atoms with E-state index in [1.807, 2.05) is 18.2 Å². The normalized spacial score (nSPS) is 18.3. The maximum atomic E-state index is 13.6. The van der Waals surface area contributed by atoms with Gasteiger partial charge >= 0.3 is 0 Å². The predicted molar refractivity (Wildman–Crippen MR) is 92.2 cm³/mol. The summed E-state index contributed by atoms with van der Waals surface area (Å²) in [4.78, 5) is 19.0. The number of likely N-dealkylation sites (tertiary alicyclic amines) is 1. The molecule has 3 rings (SSSR count). The zero-order valence-corrected chi connectivity index (χ0v) is 13.8. The van der Waals surface area contributed by atoms with E-state index in [0.717, 1.165) is 31.5 Å².